The molecule has 3 heteroatoms. The van der Waals surface area contributed by atoms with Gasteiger partial charge in [-0.25, -0.2) is 0 Å². The standard InChI is InChI=1S/C2H9OSi2/c1-4-3-5-2/h4H,5H2,1-2H3. The molecular weight excluding hydrogens is 96.2 g/mol. The molecule has 0 spiro atoms. The third-order valence-corrected chi connectivity index (χ3v) is 3.00. The molecular formula is C2H9OSi2. The summed E-state index contributed by atoms with van der Waals surface area (Å²) in [5.74, 6) is 0. The van der Waals surface area contributed by atoms with E-state index in [0.29, 0.717) is 9.76 Å². The monoisotopic (exact) mass is 105 g/mol. The van der Waals surface area contributed by atoms with E-state index in [1.165, 1.54) is 0 Å². The molecule has 0 aliphatic heterocycles. The molecule has 0 rings (SSSR count). The van der Waals surface area contributed by atoms with Crippen LogP contribution in [0.4, 0.5) is 0 Å². The summed E-state index contributed by atoms with van der Waals surface area (Å²) in [6, 6.07) is 0. The van der Waals surface area contributed by atoms with Crippen LogP contribution in [-0.4, -0.2) is 19.5 Å². The summed E-state index contributed by atoms with van der Waals surface area (Å²) >= 11 is 0. The molecule has 0 heterocycles. The minimum absolute atomic E-state index is 0.0490. The van der Waals surface area contributed by atoms with E-state index in [2.05, 4.69) is 13.1 Å². The van der Waals surface area contributed by atoms with Gasteiger partial charge in [-0.2, -0.15) is 0 Å². The second-order valence-electron chi connectivity index (χ2n) is 0.691. The molecule has 0 N–H and O–H groups in total. The molecule has 0 amide bonds. The van der Waals surface area contributed by atoms with Crippen LogP contribution in [-0.2, 0) is 4.12 Å². The van der Waals surface area contributed by atoms with Crippen molar-refractivity contribution < 1.29 is 4.12 Å². The molecule has 5 heavy (non-hydrogen) atoms. The van der Waals surface area contributed by atoms with Gasteiger partial charge in [0.05, 0.1) is 0 Å². The van der Waals surface area contributed by atoms with Crippen LogP contribution in [0.25, 0.3) is 0 Å². The van der Waals surface area contributed by atoms with Crippen molar-refractivity contribution >= 4 is 19.5 Å². The summed E-state index contributed by atoms with van der Waals surface area (Å²) in [6.45, 7) is 4.26. The smallest absolute Gasteiger partial charge is 0.174 e. The fourth-order valence-electron chi connectivity index (χ4n) is 0.167. The predicted octanol–water partition coefficient (Wildman–Crippen LogP) is -0.466. The zero-order chi connectivity index (χ0) is 4.12. The molecule has 0 unspecified atom stereocenters. The number of hydrogen-bond donors (Lipinski definition) is 0. The van der Waals surface area contributed by atoms with Gasteiger partial charge in [-0.15, -0.1) is 0 Å². The Hall–Kier alpha value is 0.394. The minimum Gasteiger partial charge on any atom is -0.463 e. The molecule has 1 radical (unpaired) electrons. The van der Waals surface area contributed by atoms with Crippen molar-refractivity contribution in [2.45, 2.75) is 13.1 Å². The highest BCUT2D eigenvalue weighted by atomic mass is 28.3. The Kier molecular flexibility index (Phi) is 4.74. The average molecular weight is 105 g/mol. The Morgan fingerprint density at radius 2 is 2.40 bits per heavy atom. The molecule has 0 aromatic carbocycles. The Bertz CT molecular complexity index is 15.1. The predicted molar refractivity (Wildman–Crippen MR) is 28.5 cm³/mol. The van der Waals surface area contributed by atoms with Crippen LogP contribution in [0.2, 0.25) is 13.1 Å². The zero-order valence-electron chi connectivity index (χ0n) is 3.69. The third-order valence-electron chi connectivity index (χ3n) is 0.333. The molecule has 0 aliphatic carbocycles. The maximum atomic E-state index is 5.06. The summed E-state index contributed by atoms with van der Waals surface area (Å²) < 4.78 is 5.06. The van der Waals surface area contributed by atoms with Gasteiger partial charge < -0.3 is 4.12 Å². The zero-order valence-corrected chi connectivity index (χ0v) is 6.26. The van der Waals surface area contributed by atoms with Gasteiger partial charge in [0, 0.05) is 0 Å². The first-order valence-corrected chi connectivity index (χ1v) is 5.43. The second kappa shape index (κ2) is 4.39. The molecule has 0 saturated carbocycles. The summed E-state index contributed by atoms with van der Waals surface area (Å²) in [5.41, 5.74) is 0. The Balaban J connectivity index is 2.19. The molecule has 0 fully saturated rings. The molecule has 0 aliphatic rings. The van der Waals surface area contributed by atoms with Gasteiger partial charge in [0.2, 0.25) is 0 Å². The highest BCUT2D eigenvalue weighted by molar-refractivity contribution is 6.40. The summed E-state index contributed by atoms with van der Waals surface area (Å²) in [4.78, 5) is 0. The molecule has 0 aromatic heterocycles. The largest absolute Gasteiger partial charge is 0.463 e. The van der Waals surface area contributed by atoms with Crippen LogP contribution >= 0.6 is 0 Å². The fourth-order valence-corrected chi connectivity index (χ4v) is 1.50. The highest BCUT2D eigenvalue weighted by Crippen LogP contribution is 1.58. The van der Waals surface area contributed by atoms with Crippen LogP contribution in [0.5, 0.6) is 0 Å². The van der Waals surface area contributed by atoms with Crippen molar-refractivity contribution in [3.05, 3.63) is 0 Å². The van der Waals surface area contributed by atoms with Gasteiger partial charge in [-0.1, -0.05) is 6.55 Å². The van der Waals surface area contributed by atoms with Crippen LogP contribution < -0.4 is 0 Å². The molecule has 0 aromatic rings. The van der Waals surface area contributed by atoms with Crippen LogP contribution in [0.15, 0.2) is 0 Å². The highest BCUT2D eigenvalue weighted by Gasteiger charge is 1.68. The molecule has 0 atom stereocenters. The van der Waals surface area contributed by atoms with Crippen molar-refractivity contribution in [2.75, 3.05) is 0 Å². The van der Waals surface area contributed by atoms with E-state index >= 15 is 0 Å². The Morgan fingerprint density at radius 1 is 1.80 bits per heavy atom. The van der Waals surface area contributed by atoms with Crippen LogP contribution in [0.1, 0.15) is 0 Å². The van der Waals surface area contributed by atoms with Gasteiger partial charge in [0.1, 0.15) is 9.76 Å². The normalized spacial score (nSPS) is 10.8. The summed E-state index contributed by atoms with van der Waals surface area (Å²) in [7, 11) is 0.299. The van der Waals surface area contributed by atoms with Crippen LogP contribution in [0, 0.1) is 0 Å². The lowest BCUT2D eigenvalue weighted by Gasteiger charge is -1.85. The lowest BCUT2D eigenvalue weighted by atomic mass is 11.9. The van der Waals surface area contributed by atoms with E-state index in [1.807, 2.05) is 0 Å². The molecule has 0 saturated heterocycles. The molecule has 1 nitrogen and oxygen atoms in total. The maximum Gasteiger partial charge on any atom is 0.174 e. The molecule has 0 bridgehead atoms. The first-order valence-electron chi connectivity index (χ1n) is 1.81. The molecule has 31 valence electrons. The first-order chi connectivity index (χ1) is 2.41. The van der Waals surface area contributed by atoms with E-state index in [4.69, 9.17) is 4.12 Å². The van der Waals surface area contributed by atoms with Crippen molar-refractivity contribution in [2.24, 2.45) is 0 Å². The van der Waals surface area contributed by atoms with Crippen molar-refractivity contribution in [3.63, 3.8) is 0 Å². The SMILES string of the molecule is C[SiH]O[SiH2]C. The van der Waals surface area contributed by atoms with Gasteiger partial charge in [-0.3, -0.25) is 0 Å². The van der Waals surface area contributed by atoms with E-state index < -0.39 is 0 Å². The Labute approximate surface area is 37.6 Å². The number of rotatable bonds is 2. The Morgan fingerprint density at radius 3 is 2.40 bits per heavy atom. The number of hydrogen-bond acceptors (Lipinski definition) is 1. The van der Waals surface area contributed by atoms with Gasteiger partial charge in [0.25, 0.3) is 0 Å². The third kappa shape index (κ3) is 4.39. The first kappa shape index (κ1) is 5.39. The van der Waals surface area contributed by atoms with Gasteiger partial charge >= 0.3 is 0 Å². The average Bonchev–Trinajstić information content (AvgIpc) is 1.41. The van der Waals surface area contributed by atoms with E-state index in [9.17, 15) is 0 Å². The minimum atomic E-state index is -0.0490. The fraction of sp³-hybridized carbons (Fsp3) is 1.00. The topological polar surface area (TPSA) is 9.23 Å². The van der Waals surface area contributed by atoms with E-state index in [1.54, 1.807) is 0 Å². The maximum absolute atomic E-state index is 5.06. The van der Waals surface area contributed by atoms with E-state index in [0.717, 1.165) is 0 Å². The lowest BCUT2D eigenvalue weighted by Crippen LogP contribution is -1.92. The lowest BCUT2D eigenvalue weighted by molar-refractivity contribution is 0.652. The van der Waals surface area contributed by atoms with E-state index in [-0.39, 0.29) is 9.76 Å². The van der Waals surface area contributed by atoms with Crippen molar-refractivity contribution in [3.8, 4) is 0 Å². The van der Waals surface area contributed by atoms with Crippen LogP contribution in [0.3, 0.4) is 0 Å². The van der Waals surface area contributed by atoms with Crippen molar-refractivity contribution in [1.82, 2.24) is 0 Å². The quantitative estimate of drug-likeness (QED) is 0.432. The van der Waals surface area contributed by atoms with Gasteiger partial charge in [-0.05, 0) is 6.55 Å². The van der Waals surface area contributed by atoms with Gasteiger partial charge in [0.15, 0.2) is 9.76 Å². The summed E-state index contributed by atoms with van der Waals surface area (Å²) in [6.07, 6.45) is 0. The second-order valence-corrected chi connectivity index (χ2v) is 3.07. The van der Waals surface area contributed by atoms with Crippen molar-refractivity contribution in [1.29, 1.82) is 0 Å². The summed E-state index contributed by atoms with van der Waals surface area (Å²) in [5, 5.41) is 0.